The first-order chi connectivity index (χ1) is 12.9. The van der Waals surface area contributed by atoms with Gasteiger partial charge in [-0.3, -0.25) is 4.79 Å². The van der Waals surface area contributed by atoms with Crippen LogP contribution in [0.25, 0.3) is 11.0 Å². The van der Waals surface area contributed by atoms with Crippen molar-refractivity contribution in [2.24, 2.45) is 0 Å². The minimum atomic E-state index is -0.0486. The van der Waals surface area contributed by atoms with Crippen molar-refractivity contribution in [1.82, 2.24) is 9.97 Å². The van der Waals surface area contributed by atoms with Crippen LogP contribution in [0.2, 0.25) is 0 Å². The second-order valence-corrected chi connectivity index (χ2v) is 7.80. The van der Waals surface area contributed by atoms with E-state index >= 15 is 0 Å². The summed E-state index contributed by atoms with van der Waals surface area (Å²) in [4.78, 5) is 20.3. The van der Waals surface area contributed by atoms with Gasteiger partial charge in [0.05, 0.1) is 11.0 Å². The zero-order chi connectivity index (χ0) is 19.0. The lowest BCUT2D eigenvalue weighted by atomic mass is 9.96. The van der Waals surface area contributed by atoms with Gasteiger partial charge < -0.3 is 19.8 Å². The molecule has 1 aliphatic rings. The Bertz CT molecular complexity index is 1000. The Balaban J connectivity index is 1.40. The highest BCUT2D eigenvalue weighted by molar-refractivity contribution is 5.93. The van der Waals surface area contributed by atoms with E-state index in [0.717, 1.165) is 39.6 Å². The smallest absolute Gasteiger partial charge is 0.231 e. The SMILES string of the molecule is CC(C)(C)c1nc2ccc(NC(=O)CCc3ccc4c(c3)OCO4)cc2[nH]1. The quantitative estimate of drug-likeness (QED) is 0.728. The van der Waals surface area contributed by atoms with E-state index in [9.17, 15) is 4.79 Å². The molecule has 27 heavy (non-hydrogen) atoms. The first kappa shape index (κ1) is 17.4. The summed E-state index contributed by atoms with van der Waals surface area (Å²) < 4.78 is 10.7. The number of carbonyl (C=O) groups excluding carboxylic acids is 1. The normalized spacial score (nSPS) is 13.1. The number of aromatic amines is 1. The number of aryl methyl sites for hydroxylation is 1. The third-order valence-electron chi connectivity index (χ3n) is 4.55. The summed E-state index contributed by atoms with van der Waals surface area (Å²) in [5.74, 6) is 2.41. The largest absolute Gasteiger partial charge is 0.454 e. The van der Waals surface area contributed by atoms with Gasteiger partial charge in [-0.15, -0.1) is 0 Å². The summed E-state index contributed by atoms with van der Waals surface area (Å²) >= 11 is 0. The maximum atomic E-state index is 12.3. The van der Waals surface area contributed by atoms with Crippen LogP contribution in [0.4, 0.5) is 5.69 Å². The minimum absolute atomic E-state index is 0.0254. The van der Waals surface area contributed by atoms with Gasteiger partial charge in [0, 0.05) is 17.5 Å². The van der Waals surface area contributed by atoms with Crippen LogP contribution >= 0.6 is 0 Å². The molecule has 1 aliphatic heterocycles. The summed E-state index contributed by atoms with van der Waals surface area (Å²) in [5.41, 5.74) is 3.59. The van der Waals surface area contributed by atoms with Crippen LogP contribution in [0.1, 0.15) is 38.6 Å². The van der Waals surface area contributed by atoms with Crippen molar-refractivity contribution in [1.29, 1.82) is 0 Å². The summed E-state index contributed by atoms with van der Waals surface area (Å²) in [6, 6.07) is 11.5. The molecule has 0 atom stereocenters. The zero-order valence-electron chi connectivity index (χ0n) is 15.8. The van der Waals surface area contributed by atoms with Crippen LogP contribution in [0, 0.1) is 0 Å². The Hall–Kier alpha value is -3.02. The van der Waals surface area contributed by atoms with Crippen molar-refractivity contribution in [2.75, 3.05) is 12.1 Å². The van der Waals surface area contributed by atoms with Gasteiger partial charge >= 0.3 is 0 Å². The number of fused-ring (bicyclic) bond motifs is 2. The molecule has 3 aromatic rings. The molecule has 0 fully saturated rings. The topological polar surface area (TPSA) is 76.2 Å². The predicted molar refractivity (Wildman–Crippen MR) is 104 cm³/mol. The number of rotatable bonds is 4. The Morgan fingerprint density at radius 2 is 1.96 bits per heavy atom. The standard InChI is InChI=1S/C21H23N3O3/c1-21(2,3)20-23-15-7-6-14(11-16(15)24-20)22-19(25)9-5-13-4-8-17-18(10-13)27-12-26-17/h4,6-8,10-11H,5,9,12H2,1-3H3,(H,22,25)(H,23,24). The fraction of sp³-hybridized carbons (Fsp3) is 0.333. The summed E-state index contributed by atoms with van der Waals surface area (Å²) in [7, 11) is 0. The molecule has 0 saturated carbocycles. The van der Waals surface area contributed by atoms with Crippen LogP contribution in [0.3, 0.4) is 0 Å². The van der Waals surface area contributed by atoms with Crippen LogP contribution in [0.15, 0.2) is 36.4 Å². The molecule has 0 saturated heterocycles. The first-order valence-electron chi connectivity index (χ1n) is 9.07. The molecule has 2 heterocycles. The molecule has 0 radical (unpaired) electrons. The third kappa shape index (κ3) is 3.74. The van der Waals surface area contributed by atoms with Gasteiger partial charge in [-0.25, -0.2) is 4.98 Å². The third-order valence-corrected chi connectivity index (χ3v) is 4.55. The van der Waals surface area contributed by atoms with Crippen LogP contribution < -0.4 is 14.8 Å². The second-order valence-electron chi connectivity index (χ2n) is 7.80. The fourth-order valence-electron chi connectivity index (χ4n) is 3.02. The molecule has 140 valence electrons. The summed E-state index contributed by atoms with van der Waals surface area (Å²) in [6.45, 7) is 6.60. The van der Waals surface area contributed by atoms with E-state index in [1.165, 1.54) is 0 Å². The second kappa shape index (κ2) is 6.61. The van der Waals surface area contributed by atoms with Gasteiger partial charge in [-0.1, -0.05) is 26.8 Å². The summed E-state index contributed by atoms with van der Waals surface area (Å²) in [6.07, 6.45) is 1.04. The number of carbonyl (C=O) groups is 1. The van der Waals surface area contributed by atoms with Crippen molar-refractivity contribution in [3.05, 3.63) is 47.8 Å². The lowest BCUT2D eigenvalue weighted by molar-refractivity contribution is -0.116. The Morgan fingerprint density at radius 3 is 2.78 bits per heavy atom. The number of aromatic nitrogens is 2. The maximum Gasteiger partial charge on any atom is 0.231 e. The molecule has 0 aliphatic carbocycles. The molecular weight excluding hydrogens is 342 g/mol. The van der Waals surface area contributed by atoms with E-state index in [1.54, 1.807) is 0 Å². The van der Waals surface area contributed by atoms with Crippen molar-refractivity contribution >= 4 is 22.6 Å². The molecule has 0 bridgehead atoms. The fourth-order valence-corrected chi connectivity index (χ4v) is 3.02. The van der Waals surface area contributed by atoms with Crippen molar-refractivity contribution in [2.45, 2.75) is 39.0 Å². The number of H-pyrrole nitrogens is 1. The maximum absolute atomic E-state index is 12.3. The van der Waals surface area contributed by atoms with Crippen molar-refractivity contribution < 1.29 is 14.3 Å². The molecule has 2 N–H and O–H groups in total. The molecule has 4 rings (SSSR count). The van der Waals surface area contributed by atoms with Gasteiger partial charge in [0.25, 0.3) is 0 Å². The average molecular weight is 365 g/mol. The van der Waals surface area contributed by atoms with E-state index in [0.29, 0.717) is 12.8 Å². The Morgan fingerprint density at radius 1 is 1.15 bits per heavy atom. The zero-order valence-corrected chi connectivity index (χ0v) is 15.8. The van der Waals surface area contributed by atoms with Gasteiger partial charge in [-0.2, -0.15) is 0 Å². The molecule has 0 unspecified atom stereocenters. The van der Waals surface area contributed by atoms with Crippen molar-refractivity contribution in [3.8, 4) is 11.5 Å². The van der Waals surface area contributed by atoms with Crippen LogP contribution in [0.5, 0.6) is 11.5 Å². The highest BCUT2D eigenvalue weighted by Gasteiger charge is 2.18. The number of nitrogens with zero attached hydrogens (tertiary/aromatic N) is 1. The minimum Gasteiger partial charge on any atom is -0.454 e. The lowest BCUT2D eigenvalue weighted by Gasteiger charge is -2.13. The van der Waals surface area contributed by atoms with E-state index in [1.807, 2.05) is 36.4 Å². The number of benzene rings is 2. The average Bonchev–Trinajstić information content (AvgIpc) is 3.25. The predicted octanol–water partition coefficient (Wildman–Crippen LogP) is 4.16. The highest BCUT2D eigenvalue weighted by Crippen LogP contribution is 2.32. The Labute approximate surface area is 157 Å². The van der Waals surface area contributed by atoms with E-state index < -0.39 is 0 Å². The number of imidazole rings is 1. The van der Waals surface area contributed by atoms with Crippen molar-refractivity contribution in [3.63, 3.8) is 0 Å². The lowest BCUT2D eigenvalue weighted by Crippen LogP contribution is -2.13. The number of amides is 1. The van der Waals surface area contributed by atoms with Gasteiger partial charge in [0.1, 0.15) is 5.82 Å². The van der Waals surface area contributed by atoms with Gasteiger partial charge in [0.15, 0.2) is 11.5 Å². The highest BCUT2D eigenvalue weighted by atomic mass is 16.7. The molecule has 2 aromatic carbocycles. The first-order valence-corrected chi connectivity index (χ1v) is 9.07. The Kier molecular flexibility index (Phi) is 4.26. The molecule has 1 amide bonds. The van der Waals surface area contributed by atoms with E-state index in [2.05, 4.69) is 36.1 Å². The molecule has 0 spiro atoms. The number of anilines is 1. The van der Waals surface area contributed by atoms with E-state index in [4.69, 9.17) is 9.47 Å². The number of nitrogens with one attached hydrogen (secondary N) is 2. The number of hydrogen-bond acceptors (Lipinski definition) is 4. The number of ether oxygens (including phenoxy) is 2. The molecule has 6 nitrogen and oxygen atoms in total. The monoisotopic (exact) mass is 365 g/mol. The number of hydrogen-bond donors (Lipinski definition) is 2. The van der Waals surface area contributed by atoms with Gasteiger partial charge in [0.2, 0.25) is 12.7 Å². The van der Waals surface area contributed by atoms with Crippen LogP contribution in [-0.4, -0.2) is 22.7 Å². The summed E-state index contributed by atoms with van der Waals surface area (Å²) in [5, 5.41) is 2.96. The van der Waals surface area contributed by atoms with Crippen LogP contribution in [-0.2, 0) is 16.6 Å². The van der Waals surface area contributed by atoms with E-state index in [-0.39, 0.29) is 18.1 Å². The molecule has 6 heteroatoms. The van der Waals surface area contributed by atoms with Gasteiger partial charge in [-0.05, 0) is 42.3 Å². The molecule has 1 aromatic heterocycles. The molecular formula is C21H23N3O3.